The molecule has 1 fully saturated rings. The summed E-state index contributed by atoms with van der Waals surface area (Å²) in [6, 6.07) is 0.358. The van der Waals surface area contributed by atoms with E-state index in [1.54, 1.807) is 7.11 Å². The van der Waals surface area contributed by atoms with Crippen molar-refractivity contribution < 1.29 is 4.74 Å². The first-order chi connectivity index (χ1) is 9.04. The van der Waals surface area contributed by atoms with Gasteiger partial charge in [0.25, 0.3) is 0 Å². The van der Waals surface area contributed by atoms with Gasteiger partial charge in [-0.05, 0) is 20.8 Å². The number of thioether (sulfide) groups is 1. The molecule has 7 heteroatoms. The maximum Gasteiger partial charge on any atom is 0.322 e. The lowest BCUT2D eigenvalue weighted by Gasteiger charge is -2.37. The minimum absolute atomic E-state index is 0.219. The van der Waals surface area contributed by atoms with Crippen LogP contribution in [0.1, 0.15) is 20.8 Å². The van der Waals surface area contributed by atoms with Crippen molar-refractivity contribution in [3.8, 4) is 6.01 Å². The molecule has 2 rings (SSSR count). The van der Waals surface area contributed by atoms with E-state index in [-0.39, 0.29) is 4.75 Å². The average Bonchev–Trinajstić information content (AvgIpc) is 2.37. The largest absolute Gasteiger partial charge is 0.467 e. The van der Waals surface area contributed by atoms with Gasteiger partial charge in [-0.1, -0.05) is 0 Å². The second-order valence-electron chi connectivity index (χ2n) is 5.01. The topological polar surface area (TPSA) is 63.2 Å². The van der Waals surface area contributed by atoms with Crippen molar-refractivity contribution in [1.82, 2.24) is 15.0 Å². The number of anilines is 2. The first kappa shape index (κ1) is 14.2. The molecule has 0 unspecified atom stereocenters. The standard InChI is InChI=1S/C12H21N5OS/c1-5-13-9-14-10(16-11(15-9)18-4)17-6-7-19-12(2,3)8-17/h5-8H2,1-4H3,(H,13,14,15,16). The summed E-state index contributed by atoms with van der Waals surface area (Å²) in [5.74, 6) is 2.34. The third kappa shape index (κ3) is 3.62. The van der Waals surface area contributed by atoms with E-state index < -0.39 is 0 Å². The van der Waals surface area contributed by atoms with Gasteiger partial charge in [0.05, 0.1) is 7.11 Å². The Morgan fingerprint density at radius 3 is 2.79 bits per heavy atom. The van der Waals surface area contributed by atoms with Crippen molar-refractivity contribution in [2.45, 2.75) is 25.5 Å². The monoisotopic (exact) mass is 283 g/mol. The van der Waals surface area contributed by atoms with E-state index >= 15 is 0 Å². The van der Waals surface area contributed by atoms with E-state index in [0.717, 1.165) is 25.4 Å². The second-order valence-corrected chi connectivity index (χ2v) is 6.81. The molecule has 6 nitrogen and oxygen atoms in total. The van der Waals surface area contributed by atoms with Crippen LogP contribution in [0, 0.1) is 0 Å². The molecule has 1 saturated heterocycles. The lowest BCUT2D eigenvalue weighted by atomic mass is 10.2. The van der Waals surface area contributed by atoms with Gasteiger partial charge < -0.3 is 15.0 Å². The minimum atomic E-state index is 0.219. The number of hydrogen-bond donors (Lipinski definition) is 1. The highest BCUT2D eigenvalue weighted by atomic mass is 32.2. The van der Waals surface area contributed by atoms with Gasteiger partial charge in [-0.3, -0.25) is 0 Å². The third-order valence-corrected chi connectivity index (χ3v) is 4.13. The van der Waals surface area contributed by atoms with E-state index in [2.05, 4.69) is 39.0 Å². The quantitative estimate of drug-likeness (QED) is 0.901. The molecular weight excluding hydrogens is 262 g/mol. The van der Waals surface area contributed by atoms with Crippen LogP contribution in [0.2, 0.25) is 0 Å². The number of rotatable bonds is 4. The summed E-state index contributed by atoms with van der Waals surface area (Å²) >= 11 is 1.98. The molecule has 1 aromatic rings. The molecule has 0 atom stereocenters. The van der Waals surface area contributed by atoms with Gasteiger partial charge >= 0.3 is 6.01 Å². The molecule has 1 aromatic heterocycles. The van der Waals surface area contributed by atoms with Crippen molar-refractivity contribution in [3.05, 3.63) is 0 Å². The van der Waals surface area contributed by atoms with Gasteiger partial charge in [-0.25, -0.2) is 0 Å². The molecule has 0 radical (unpaired) electrons. The molecule has 0 spiro atoms. The Labute approximate surface area is 118 Å². The summed E-state index contributed by atoms with van der Waals surface area (Å²) in [4.78, 5) is 15.2. The first-order valence-electron chi connectivity index (χ1n) is 6.47. The number of ether oxygens (including phenoxy) is 1. The molecule has 0 bridgehead atoms. The van der Waals surface area contributed by atoms with Crippen LogP contribution >= 0.6 is 11.8 Å². The van der Waals surface area contributed by atoms with Crippen molar-refractivity contribution in [2.75, 3.05) is 42.7 Å². The molecule has 0 aliphatic carbocycles. The number of nitrogens with one attached hydrogen (secondary N) is 1. The second kappa shape index (κ2) is 5.81. The highest BCUT2D eigenvalue weighted by Crippen LogP contribution is 2.31. The highest BCUT2D eigenvalue weighted by molar-refractivity contribution is 8.00. The van der Waals surface area contributed by atoms with Crippen LogP contribution in [-0.4, -0.2) is 52.2 Å². The zero-order valence-corrected chi connectivity index (χ0v) is 12.8. The van der Waals surface area contributed by atoms with Crippen molar-refractivity contribution in [2.24, 2.45) is 0 Å². The maximum absolute atomic E-state index is 5.15. The van der Waals surface area contributed by atoms with Crippen LogP contribution in [0.4, 0.5) is 11.9 Å². The van der Waals surface area contributed by atoms with Crippen molar-refractivity contribution in [3.63, 3.8) is 0 Å². The van der Waals surface area contributed by atoms with Gasteiger partial charge in [0.15, 0.2) is 0 Å². The van der Waals surface area contributed by atoms with Crippen molar-refractivity contribution in [1.29, 1.82) is 0 Å². The molecule has 1 aliphatic heterocycles. The van der Waals surface area contributed by atoms with Gasteiger partial charge in [0.1, 0.15) is 0 Å². The fourth-order valence-corrected chi connectivity index (χ4v) is 3.11. The van der Waals surface area contributed by atoms with E-state index in [1.807, 2.05) is 18.7 Å². The lowest BCUT2D eigenvalue weighted by molar-refractivity contribution is 0.378. The molecule has 0 aromatic carbocycles. The van der Waals surface area contributed by atoms with Crippen LogP contribution in [-0.2, 0) is 0 Å². The Bertz CT molecular complexity index is 440. The molecule has 2 heterocycles. The maximum atomic E-state index is 5.15. The van der Waals surface area contributed by atoms with E-state index in [9.17, 15) is 0 Å². The van der Waals surface area contributed by atoms with Crippen LogP contribution in [0.3, 0.4) is 0 Å². The molecular formula is C12H21N5OS. The normalized spacial score (nSPS) is 18.2. The summed E-state index contributed by atoms with van der Waals surface area (Å²) in [5.41, 5.74) is 0. The predicted octanol–water partition coefficient (Wildman–Crippen LogP) is 1.64. The van der Waals surface area contributed by atoms with Gasteiger partial charge in [0.2, 0.25) is 11.9 Å². The SMILES string of the molecule is CCNc1nc(OC)nc(N2CCSC(C)(C)C2)n1. The summed E-state index contributed by atoms with van der Waals surface area (Å²) in [5, 5.41) is 3.11. The number of nitrogens with zero attached hydrogens (tertiary/aromatic N) is 4. The third-order valence-electron chi connectivity index (χ3n) is 2.83. The summed E-state index contributed by atoms with van der Waals surface area (Å²) in [6.07, 6.45) is 0. The van der Waals surface area contributed by atoms with Crippen LogP contribution in [0.15, 0.2) is 0 Å². The predicted molar refractivity (Wildman–Crippen MR) is 79.3 cm³/mol. The molecule has 0 amide bonds. The molecule has 19 heavy (non-hydrogen) atoms. The molecule has 1 aliphatic rings. The molecule has 0 saturated carbocycles. The Morgan fingerprint density at radius 2 is 2.16 bits per heavy atom. The summed E-state index contributed by atoms with van der Waals surface area (Å²) in [6.45, 7) is 9.15. The first-order valence-corrected chi connectivity index (χ1v) is 7.45. The fraction of sp³-hybridized carbons (Fsp3) is 0.750. The molecule has 1 N–H and O–H groups in total. The average molecular weight is 283 g/mol. The Hall–Kier alpha value is -1.24. The summed E-state index contributed by atoms with van der Waals surface area (Å²) in [7, 11) is 1.57. The van der Waals surface area contributed by atoms with Crippen LogP contribution < -0.4 is 15.0 Å². The Kier molecular flexibility index (Phi) is 4.34. The summed E-state index contributed by atoms with van der Waals surface area (Å²) < 4.78 is 5.37. The smallest absolute Gasteiger partial charge is 0.322 e. The molecule has 106 valence electrons. The van der Waals surface area contributed by atoms with Gasteiger partial charge in [-0.15, -0.1) is 0 Å². The Morgan fingerprint density at radius 1 is 1.37 bits per heavy atom. The van der Waals surface area contributed by atoms with E-state index in [1.165, 1.54) is 0 Å². The Balaban J connectivity index is 2.25. The van der Waals surface area contributed by atoms with E-state index in [4.69, 9.17) is 4.74 Å². The van der Waals surface area contributed by atoms with Gasteiger partial charge in [0, 0.05) is 30.1 Å². The zero-order valence-electron chi connectivity index (χ0n) is 11.9. The number of hydrogen-bond acceptors (Lipinski definition) is 7. The van der Waals surface area contributed by atoms with E-state index in [0.29, 0.717) is 17.9 Å². The van der Waals surface area contributed by atoms with Crippen LogP contribution in [0.5, 0.6) is 6.01 Å². The lowest BCUT2D eigenvalue weighted by Crippen LogP contribution is -2.44. The van der Waals surface area contributed by atoms with Crippen LogP contribution in [0.25, 0.3) is 0 Å². The zero-order chi connectivity index (χ0) is 13.9. The minimum Gasteiger partial charge on any atom is -0.467 e. The number of methoxy groups -OCH3 is 1. The fourth-order valence-electron chi connectivity index (χ4n) is 2.00. The number of aromatic nitrogens is 3. The van der Waals surface area contributed by atoms with Crippen molar-refractivity contribution >= 4 is 23.7 Å². The van der Waals surface area contributed by atoms with Gasteiger partial charge in [-0.2, -0.15) is 26.7 Å². The highest BCUT2D eigenvalue weighted by Gasteiger charge is 2.29.